The second kappa shape index (κ2) is 11.8. The fourth-order valence-corrected chi connectivity index (χ4v) is 5.80. The summed E-state index contributed by atoms with van der Waals surface area (Å²) in [5.41, 5.74) is 4.42. The van der Waals surface area contributed by atoms with E-state index in [0.717, 1.165) is 16.9 Å². The highest BCUT2D eigenvalue weighted by atomic mass is 32.1. The van der Waals surface area contributed by atoms with Gasteiger partial charge in [0.1, 0.15) is 24.1 Å². The van der Waals surface area contributed by atoms with Gasteiger partial charge in [-0.05, 0) is 56.2 Å². The number of benzene rings is 3. The van der Waals surface area contributed by atoms with Crippen molar-refractivity contribution >= 4 is 23.4 Å². The molecule has 0 saturated heterocycles. The molecule has 1 aliphatic rings. The van der Waals surface area contributed by atoms with E-state index >= 15 is 0 Å². The molecule has 0 radical (unpaired) electrons. The predicted octanol–water partition coefficient (Wildman–Crippen LogP) is 4.69. The van der Waals surface area contributed by atoms with Crippen molar-refractivity contribution in [3.63, 3.8) is 0 Å². The Labute approximate surface area is 236 Å². The van der Waals surface area contributed by atoms with Gasteiger partial charge in [-0.25, -0.2) is 9.79 Å². The lowest BCUT2D eigenvalue weighted by molar-refractivity contribution is -0.139. The average Bonchev–Trinajstić information content (AvgIpc) is 3.26. The summed E-state index contributed by atoms with van der Waals surface area (Å²) in [5, 5.41) is 0. The van der Waals surface area contributed by atoms with Crippen molar-refractivity contribution in [3.8, 4) is 11.5 Å². The summed E-state index contributed by atoms with van der Waals surface area (Å²) in [4.78, 5) is 32.1. The van der Waals surface area contributed by atoms with Crippen LogP contribution in [0, 0.1) is 6.92 Å². The van der Waals surface area contributed by atoms with Gasteiger partial charge in [0.15, 0.2) is 4.80 Å². The van der Waals surface area contributed by atoms with Gasteiger partial charge in [0, 0.05) is 5.56 Å². The van der Waals surface area contributed by atoms with E-state index in [2.05, 4.69) is 24.0 Å². The first kappa shape index (κ1) is 27.1. The lowest BCUT2D eigenvalue weighted by atomic mass is 9.95. The predicted molar refractivity (Wildman–Crippen MR) is 155 cm³/mol. The highest BCUT2D eigenvalue weighted by Crippen LogP contribution is 2.35. The van der Waals surface area contributed by atoms with Crippen LogP contribution in [0.25, 0.3) is 6.08 Å². The summed E-state index contributed by atoms with van der Waals surface area (Å²) >= 11 is 1.28. The minimum absolute atomic E-state index is 0.212. The van der Waals surface area contributed by atoms with Crippen LogP contribution >= 0.6 is 11.3 Å². The van der Waals surface area contributed by atoms with Crippen molar-refractivity contribution in [3.05, 3.63) is 126 Å². The van der Waals surface area contributed by atoms with Gasteiger partial charge < -0.3 is 14.2 Å². The molecule has 204 valence electrons. The summed E-state index contributed by atoms with van der Waals surface area (Å²) in [6.07, 6.45) is 1.83. The van der Waals surface area contributed by atoms with Crippen molar-refractivity contribution in [1.29, 1.82) is 0 Å². The molecule has 4 aromatic rings. The topological polar surface area (TPSA) is 79.1 Å². The number of aryl methyl sites for hydroxylation is 1. The van der Waals surface area contributed by atoms with Crippen LogP contribution in [-0.4, -0.2) is 24.3 Å². The largest absolute Gasteiger partial charge is 0.496 e. The molecule has 0 fully saturated rings. The van der Waals surface area contributed by atoms with Crippen LogP contribution in [0.1, 0.15) is 42.1 Å². The average molecular weight is 555 g/mol. The Morgan fingerprint density at radius 1 is 1.05 bits per heavy atom. The molecular formula is C32H30N2O5S. The van der Waals surface area contributed by atoms with Gasteiger partial charge in [-0.15, -0.1) is 0 Å². The standard InChI is InChI=1S/C32H30N2O5S/c1-5-38-31(36)28-21(3)33-32-34(29(28)25-11-6-7-12-26(25)37-4)30(35)27(40-32)18-22-13-15-24(16-14-22)39-19-23-10-8-9-20(2)17-23/h6-18,29H,5,19H2,1-4H3. The molecule has 0 aliphatic carbocycles. The highest BCUT2D eigenvalue weighted by molar-refractivity contribution is 7.07. The monoisotopic (exact) mass is 554 g/mol. The summed E-state index contributed by atoms with van der Waals surface area (Å²) in [7, 11) is 1.57. The minimum Gasteiger partial charge on any atom is -0.496 e. The van der Waals surface area contributed by atoms with E-state index in [1.165, 1.54) is 16.9 Å². The third-order valence-corrected chi connectivity index (χ3v) is 7.60. The van der Waals surface area contributed by atoms with Gasteiger partial charge in [0.25, 0.3) is 5.56 Å². The van der Waals surface area contributed by atoms with Crippen LogP contribution in [0.15, 0.2) is 93.9 Å². The molecule has 7 nitrogen and oxygen atoms in total. The number of thiazole rings is 1. The molecule has 40 heavy (non-hydrogen) atoms. The van der Waals surface area contributed by atoms with Gasteiger partial charge in [-0.1, -0.05) is 71.5 Å². The fraction of sp³-hybridized carbons (Fsp3) is 0.219. The number of allylic oxidation sites excluding steroid dienone is 1. The molecule has 5 rings (SSSR count). The number of carbonyl (C=O) groups excluding carboxylic acids is 1. The number of hydrogen-bond donors (Lipinski definition) is 0. The Morgan fingerprint density at radius 3 is 2.55 bits per heavy atom. The van der Waals surface area contributed by atoms with Gasteiger partial charge >= 0.3 is 5.97 Å². The molecule has 0 N–H and O–H groups in total. The third-order valence-electron chi connectivity index (χ3n) is 6.62. The lowest BCUT2D eigenvalue weighted by Gasteiger charge is -2.25. The quantitative estimate of drug-likeness (QED) is 0.295. The Kier molecular flexibility index (Phi) is 7.98. The SMILES string of the molecule is CCOC(=O)C1=C(C)N=c2sc(=Cc3ccc(OCc4cccc(C)c4)cc3)c(=O)n2C1c1ccccc1OC. The second-order valence-electron chi connectivity index (χ2n) is 9.39. The van der Waals surface area contributed by atoms with E-state index in [9.17, 15) is 9.59 Å². The molecule has 0 spiro atoms. The normalized spacial score (nSPS) is 14.9. The van der Waals surface area contributed by atoms with E-state index in [4.69, 9.17) is 14.2 Å². The van der Waals surface area contributed by atoms with Crippen LogP contribution in [0.5, 0.6) is 11.5 Å². The molecule has 8 heteroatoms. The molecule has 0 saturated carbocycles. The van der Waals surface area contributed by atoms with E-state index in [1.807, 2.05) is 66.7 Å². The van der Waals surface area contributed by atoms with E-state index in [0.29, 0.717) is 38.5 Å². The van der Waals surface area contributed by atoms with Crippen molar-refractivity contribution < 1.29 is 19.0 Å². The molecule has 1 unspecified atom stereocenters. The highest BCUT2D eigenvalue weighted by Gasteiger charge is 2.34. The first-order chi connectivity index (χ1) is 19.4. The molecule has 2 heterocycles. The number of carbonyl (C=O) groups is 1. The first-order valence-electron chi connectivity index (χ1n) is 13.0. The number of esters is 1. The zero-order valence-electron chi connectivity index (χ0n) is 22.8. The Balaban J connectivity index is 1.52. The summed E-state index contributed by atoms with van der Waals surface area (Å²) in [6, 6.07) is 22.5. The fourth-order valence-electron chi connectivity index (χ4n) is 4.76. The van der Waals surface area contributed by atoms with Gasteiger partial charge in [0.05, 0.1) is 29.5 Å². The summed E-state index contributed by atoms with van der Waals surface area (Å²) in [5.74, 6) is 0.806. The van der Waals surface area contributed by atoms with Gasteiger partial charge in [0.2, 0.25) is 0 Å². The van der Waals surface area contributed by atoms with Crippen molar-refractivity contribution in [2.75, 3.05) is 13.7 Å². The van der Waals surface area contributed by atoms with E-state index in [-0.39, 0.29) is 12.2 Å². The van der Waals surface area contributed by atoms with Crippen LogP contribution < -0.4 is 24.4 Å². The van der Waals surface area contributed by atoms with Crippen molar-refractivity contribution in [1.82, 2.24) is 4.57 Å². The van der Waals surface area contributed by atoms with E-state index in [1.54, 1.807) is 25.5 Å². The molecule has 0 bridgehead atoms. The Bertz CT molecular complexity index is 1770. The number of hydrogen-bond acceptors (Lipinski definition) is 7. The van der Waals surface area contributed by atoms with Crippen molar-refractivity contribution in [2.24, 2.45) is 4.99 Å². The van der Waals surface area contributed by atoms with Crippen LogP contribution in [-0.2, 0) is 16.1 Å². The minimum atomic E-state index is -0.731. The summed E-state index contributed by atoms with van der Waals surface area (Å²) in [6.45, 7) is 6.26. The number of methoxy groups -OCH3 is 1. The summed E-state index contributed by atoms with van der Waals surface area (Å²) < 4.78 is 19.0. The van der Waals surface area contributed by atoms with Crippen molar-refractivity contribution in [2.45, 2.75) is 33.4 Å². The Morgan fingerprint density at radius 2 is 1.82 bits per heavy atom. The molecule has 1 atom stereocenters. The van der Waals surface area contributed by atoms with Crippen LogP contribution in [0.4, 0.5) is 0 Å². The molecule has 1 aromatic heterocycles. The molecule has 3 aromatic carbocycles. The zero-order valence-corrected chi connectivity index (χ0v) is 23.7. The number of nitrogens with zero attached hydrogens (tertiary/aromatic N) is 2. The number of aromatic nitrogens is 1. The number of ether oxygens (including phenoxy) is 3. The zero-order chi connectivity index (χ0) is 28.2. The third kappa shape index (κ3) is 5.49. The smallest absolute Gasteiger partial charge is 0.338 e. The number of rotatable bonds is 8. The Hall–Kier alpha value is -4.43. The number of para-hydroxylation sites is 1. The van der Waals surface area contributed by atoms with Crippen LogP contribution in [0.3, 0.4) is 0 Å². The molecule has 0 amide bonds. The first-order valence-corrected chi connectivity index (χ1v) is 13.8. The van der Waals surface area contributed by atoms with Gasteiger partial charge in [-0.3, -0.25) is 9.36 Å². The second-order valence-corrected chi connectivity index (χ2v) is 10.4. The van der Waals surface area contributed by atoms with Gasteiger partial charge in [-0.2, -0.15) is 0 Å². The maximum atomic E-state index is 13.8. The van der Waals surface area contributed by atoms with Crippen LogP contribution in [0.2, 0.25) is 0 Å². The maximum Gasteiger partial charge on any atom is 0.338 e. The molecule has 1 aliphatic heterocycles. The molecular weight excluding hydrogens is 524 g/mol. The maximum absolute atomic E-state index is 13.8. The lowest BCUT2D eigenvalue weighted by Crippen LogP contribution is -2.40. The number of fused-ring (bicyclic) bond motifs is 1. The van der Waals surface area contributed by atoms with E-state index < -0.39 is 12.0 Å².